The molecule has 1 aromatic rings. The van der Waals surface area contributed by atoms with Crippen LogP contribution in [0.1, 0.15) is 12.5 Å². The van der Waals surface area contributed by atoms with E-state index in [1.807, 2.05) is 4.89 Å². The molecule has 0 radical (unpaired) electrons. The van der Waals surface area contributed by atoms with Crippen molar-refractivity contribution in [3.05, 3.63) is 23.8 Å². The fraction of sp³-hybridized carbons (Fsp3) is 0.400. The maximum absolute atomic E-state index is 11.8. The molecule has 90 valence electrons. The molecule has 0 amide bonds. The SMILES string of the molecule is CCONS(=O)(=O)c1cc(C)ccc1OC. The van der Waals surface area contributed by atoms with E-state index in [9.17, 15) is 8.42 Å². The lowest BCUT2D eigenvalue weighted by Crippen LogP contribution is -2.24. The number of hydrogen-bond donors (Lipinski definition) is 1. The fourth-order valence-electron chi connectivity index (χ4n) is 1.18. The van der Waals surface area contributed by atoms with Crippen molar-refractivity contribution < 1.29 is 18.0 Å². The molecule has 0 heterocycles. The van der Waals surface area contributed by atoms with Crippen LogP contribution in [0, 0.1) is 6.92 Å². The number of rotatable bonds is 5. The van der Waals surface area contributed by atoms with Gasteiger partial charge >= 0.3 is 0 Å². The van der Waals surface area contributed by atoms with E-state index >= 15 is 0 Å². The number of hydrogen-bond acceptors (Lipinski definition) is 4. The van der Waals surface area contributed by atoms with Crippen molar-refractivity contribution in [2.75, 3.05) is 13.7 Å². The van der Waals surface area contributed by atoms with Crippen molar-refractivity contribution in [1.82, 2.24) is 4.89 Å². The average molecular weight is 245 g/mol. The number of ether oxygens (including phenoxy) is 1. The van der Waals surface area contributed by atoms with Crippen molar-refractivity contribution >= 4 is 10.0 Å². The molecule has 1 rings (SSSR count). The Morgan fingerprint density at radius 3 is 2.62 bits per heavy atom. The first-order valence-corrected chi connectivity index (χ1v) is 6.28. The van der Waals surface area contributed by atoms with Gasteiger partial charge in [0, 0.05) is 0 Å². The van der Waals surface area contributed by atoms with Crippen LogP contribution >= 0.6 is 0 Å². The minimum absolute atomic E-state index is 0.0726. The fourth-order valence-corrected chi connectivity index (χ4v) is 2.30. The Balaban J connectivity index is 3.15. The highest BCUT2D eigenvalue weighted by Crippen LogP contribution is 2.24. The van der Waals surface area contributed by atoms with Crippen LogP contribution < -0.4 is 9.62 Å². The van der Waals surface area contributed by atoms with Gasteiger partial charge in [0.05, 0.1) is 13.7 Å². The molecule has 0 aliphatic rings. The third kappa shape index (κ3) is 2.94. The molecular weight excluding hydrogens is 230 g/mol. The first-order valence-electron chi connectivity index (χ1n) is 4.79. The Bertz CT molecular complexity index is 456. The van der Waals surface area contributed by atoms with Crippen LogP contribution in [0.4, 0.5) is 0 Å². The quantitative estimate of drug-likeness (QED) is 0.792. The second kappa shape index (κ2) is 5.29. The summed E-state index contributed by atoms with van der Waals surface area (Å²) >= 11 is 0. The van der Waals surface area contributed by atoms with Crippen LogP contribution in [0.3, 0.4) is 0 Å². The molecule has 6 heteroatoms. The monoisotopic (exact) mass is 245 g/mol. The molecule has 0 aromatic heterocycles. The van der Waals surface area contributed by atoms with E-state index < -0.39 is 10.0 Å². The molecule has 0 atom stereocenters. The Hall–Kier alpha value is -1.11. The highest BCUT2D eigenvalue weighted by molar-refractivity contribution is 7.89. The summed E-state index contributed by atoms with van der Waals surface area (Å²) in [6.07, 6.45) is 0. The molecule has 5 nitrogen and oxygen atoms in total. The molecule has 0 saturated carbocycles. The maximum atomic E-state index is 11.8. The standard InChI is InChI=1S/C10H15NO4S/c1-4-15-11-16(12,13)10-7-8(2)5-6-9(10)14-3/h5-7,11H,4H2,1-3H3. The highest BCUT2D eigenvalue weighted by atomic mass is 32.2. The number of nitrogens with one attached hydrogen (secondary N) is 1. The third-order valence-corrected chi connectivity index (χ3v) is 3.16. The topological polar surface area (TPSA) is 64.6 Å². The van der Waals surface area contributed by atoms with Crippen LogP contribution in [0.2, 0.25) is 0 Å². The van der Waals surface area contributed by atoms with Crippen LogP contribution in [0.5, 0.6) is 5.75 Å². The lowest BCUT2D eigenvalue weighted by Gasteiger charge is -2.10. The first kappa shape index (κ1) is 13.0. The molecule has 0 bridgehead atoms. The third-order valence-electron chi connectivity index (χ3n) is 1.92. The Labute approximate surface area is 95.4 Å². The number of benzene rings is 1. The zero-order valence-electron chi connectivity index (χ0n) is 9.48. The van der Waals surface area contributed by atoms with Gasteiger partial charge in [0.15, 0.2) is 0 Å². The molecule has 1 aromatic carbocycles. The Morgan fingerprint density at radius 2 is 2.06 bits per heavy atom. The molecule has 0 aliphatic heterocycles. The van der Waals surface area contributed by atoms with Crippen LogP contribution in [-0.4, -0.2) is 22.1 Å². The summed E-state index contributed by atoms with van der Waals surface area (Å²) in [7, 11) is -2.26. The van der Waals surface area contributed by atoms with Crippen molar-refractivity contribution in [2.45, 2.75) is 18.7 Å². The highest BCUT2D eigenvalue weighted by Gasteiger charge is 2.19. The van der Waals surface area contributed by atoms with Gasteiger partial charge in [-0.15, -0.1) is 0 Å². The summed E-state index contributed by atoms with van der Waals surface area (Å²) in [5.74, 6) is 0.290. The molecule has 1 N–H and O–H groups in total. The van der Waals surface area contributed by atoms with Crippen molar-refractivity contribution in [1.29, 1.82) is 0 Å². The summed E-state index contributed by atoms with van der Waals surface area (Å²) in [5.41, 5.74) is 0.831. The minimum atomic E-state index is -3.68. The zero-order chi connectivity index (χ0) is 12.2. The molecule has 0 aliphatic carbocycles. The van der Waals surface area contributed by atoms with Gasteiger partial charge in [-0.3, -0.25) is 4.84 Å². The largest absolute Gasteiger partial charge is 0.495 e. The lowest BCUT2D eigenvalue weighted by atomic mass is 10.2. The van der Waals surface area contributed by atoms with Gasteiger partial charge in [-0.1, -0.05) is 11.0 Å². The maximum Gasteiger partial charge on any atom is 0.266 e. The molecule has 0 saturated heterocycles. The van der Waals surface area contributed by atoms with E-state index in [4.69, 9.17) is 9.57 Å². The number of sulfonamides is 1. The van der Waals surface area contributed by atoms with Gasteiger partial charge < -0.3 is 4.74 Å². The van der Waals surface area contributed by atoms with E-state index in [0.29, 0.717) is 0 Å². The summed E-state index contributed by atoms with van der Waals surface area (Å²) in [6, 6.07) is 4.91. The second-order valence-corrected chi connectivity index (χ2v) is 4.79. The Kier molecular flexibility index (Phi) is 4.28. The lowest BCUT2D eigenvalue weighted by molar-refractivity contribution is 0.105. The van der Waals surface area contributed by atoms with Gasteiger partial charge in [0.1, 0.15) is 10.6 Å². The minimum Gasteiger partial charge on any atom is -0.495 e. The predicted molar refractivity (Wildman–Crippen MR) is 59.7 cm³/mol. The predicted octanol–water partition coefficient (Wildman–Crippen LogP) is 1.23. The van der Waals surface area contributed by atoms with Gasteiger partial charge in [0.2, 0.25) is 0 Å². The van der Waals surface area contributed by atoms with Crippen molar-refractivity contribution in [3.63, 3.8) is 0 Å². The average Bonchev–Trinajstić information content (AvgIpc) is 2.26. The van der Waals surface area contributed by atoms with Gasteiger partial charge in [-0.05, 0) is 31.5 Å². The smallest absolute Gasteiger partial charge is 0.266 e. The molecule has 0 fully saturated rings. The summed E-state index contributed by atoms with van der Waals surface area (Å²) in [6.45, 7) is 3.75. The zero-order valence-corrected chi connectivity index (χ0v) is 10.3. The van der Waals surface area contributed by atoms with Crippen LogP contribution in [-0.2, 0) is 14.9 Å². The van der Waals surface area contributed by atoms with E-state index in [1.165, 1.54) is 13.2 Å². The van der Waals surface area contributed by atoms with Gasteiger partial charge in [-0.25, -0.2) is 8.42 Å². The van der Waals surface area contributed by atoms with Gasteiger partial charge in [-0.2, -0.15) is 0 Å². The summed E-state index contributed by atoms with van der Waals surface area (Å²) < 4.78 is 28.6. The second-order valence-electron chi connectivity index (χ2n) is 3.17. The molecule has 16 heavy (non-hydrogen) atoms. The van der Waals surface area contributed by atoms with E-state index in [0.717, 1.165) is 5.56 Å². The van der Waals surface area contributed by atoms with E-state index in [-0.39, 0.29) is 17.3 Å². The van der Waals surface area contributed by atoms with E-state index in [1.54, 1.807) is 26.0 Å². The number of aryl methyl sites for hydroxylation is 1. The van der Waals surface area contributed by atoms with E-state index in [2.05, 4.69) is 0 Å². The molecule has 0 unspecified atom stereocenters. The molecular formula is C10H15NO4S. The molecule has 0 spiro atoms. The van der Waals surface area contributed by atoms with Gasteiger partial charge in [0.25, 0.3) is 10.0 Å². The normalized spacial score (nSPS) is 11.4. The summed E-state index contributed by atoms with van der Waals surface area (Å²) in [4.78, 5) is 6.79. The summed E-state index contributed by atoms with van der Waals surface area (Å²) in [5, 5.41) is 0. The Morgan fingerprint density at radius 1 is 1.38 bits per heavy atom. The van der Waals surface area contributed by atoms with Crippen molar-refractivity contribution in [2.24, 2.45) is 0 Å². The van der Waals surface area contributed by atoms with Crippen molar-refractivity contribution in [3.8, 4) is 5.75 Å². The van der Waals surface area contributed by atoms with Crippen LogP contribution in [0.25, 0.3) is 0 Å². The van der Waals surface area contributed by atoms with Crippen LogP contribution in [0.15, 0.2) is 23.1 Å². The number of methoxy groups -OCH3 is 1. The first-order chi connectivity index (χ1) is 7.51.